The minimum Gasteiger partial charge on any atom is -0.353 e. The first-order chi connectivity index (χ1) is 18.0. The van der Waals surface area contributed by atoms with Gasteiger partial charge in [-0.25, -0.2) is 0 Å². The van der Waals surface area contributed by atoms with Crippen molar-refractivity contribution in [1.82, 2.24) is 14.7 Å². The number of nitrogens with zero attached hydrogens (tertiary/aromatic N) is 4. The van der Waals surface area contributed by atoms with Gasteiger partial charge in [-0.3, -0.25) is 4.99 Å². The molecule has 0 bridgehead atoms. The summed E-state index contributed by atoms with van der Waals surface area (Å²) in [5.74, 6) is 3.29. The quantitative estimate of drug-likeness (QED) is 0.410. The molecule has 0 aliphatic carbocycles. The average Bonchev–Trinajstić information content (AvgIpc) is 3.41. The molecule has 0 saturated carbocycles. The maximum absolute atomic E-state index is 5.04. The van der Waals surface area contributed by atoms with Crippen molar-refractivity contribution in [2.75, 3.05) is 26.2 Å². The van der Waals surface area contributed by atoms with E-state index in [9.17, 15) is 0 Å². The van der Waals surface area contributed by atoms with E-state index < -0.39 is 0 Å². The van der Waals surface area contributed by atoms with Crippen molar-refractivity contribution in [2.45, 2.75) is 85.4 Å². The predicted molar refractivity (Wildman–Crippen MR) is 158 cm³/mol. The van der Waals surface area contributed by atoms with Gasteiger partial charge in [0.25, 0.3) is 0 Å². The number of rotatable bonds is 8. The Morgan fingerprint density at radius 2 is 1.57 bits per heavy atom. The summed E-state index contributed by atoms with van der Waals surface area (Å²) in [4.78, 5) is 13.1. The third-order valence-electron chi connectivity index (χ3n) is 8.03. The number of aliphatic imine (C=N–C) groups is 1. The summed E-state index contributed by atoms with van der Waals surface area (Å²) in [6.45, 7) is 17.4. The zero-order valence-electron chi connectivity index (χ0n) is 24.0. The van der Waals surface area contributed by atoms with Crippen LogP contribution in [-0.4, -0.2) is 64.8 Å². The summed E-state index contributed by atoms with van der Waals surface area (Å²) in [5.41, 5.74) is 4.20. The minimum atomic E-state index is 0.459. The van der Waals surface area contributed by atoms with Crippen molar-refractivity contribution in [3.63, 3.8) is 0 Å². The zero-order chi connectivity index (χ0) is 26.4. The molecule has 0 radical (unpaired) electrons. The van der Waals surface area contributed by atoms with Crippen LogP contribution in [0.3, 0.4) is 0 Å². The smallest absolute Gasteiger partial charge is 0.127 e. The summed E-state index contributed by atoms with van der Waals surface area (Å²) in [7, 11) is 0. The molecule has 3 aliphatic rings. The van der Waals surface area contributed by atoms with E-state index in [1.165, 1.54) is 34.8 Å². The SMILES string of the molecule is CC.CCC1CN=C2C=C3N(CCc4ccccc4)C(CC(C)C)CN3C(Cc3ccc(C)cc3)CN21. The van der Waals surface area contributed by atoms with Gasteiger partial charge in [-0.05, 0) is 49.7 Å². The van der Waals surface area contributed by atoms with Gasteiger partial charge >= 0.3 is 0 Å². The molecule has 37 heavy (non-hydrogen) atoms. The van der Waals surface area contributed by atoms with Gasteiger partial charge in [0.05, 0.1) is 12.6 Å². The van der Waals surface area contributed by atoms with Crippen molar-refractivity contribution >= 4 is 5.84 Å². The van der Waals surface area contributed by atoms with Crippen LogP contribution in [-0.2, 0) is 12.8 Å². The fourth-order valence-electron chi connectivity index (χ4n) is 6.12. The summed E-state index contributed by atoms with van der Waals surface area (Å²) in [6.07, 6.45) is 6.97. The Labute approximate surface area is 226 Å². The van der Waals surface area contributed by atoms with Gasteiger partial charge in [0.15, 0.2) is 0 Å². The van der Waals surface area contributed by atoms with Gasteiger partial charge in [-0.15, -0.1) is 0 Å². The molecule has 1 fully saturated rings. The molecular formula is C33H48N4. The van der Waals surface area contributed by atoms with E-state index in [1.54, 1.807) is 0 Å². The van der Waals surface area contributed by atoms with Crippen LogP contribution in [0.1, 0.15) is 64.2 Å². The van der Waals surface area contributed by atoms with Gasteiger partial charge in [0.2, 0.25) is 0 Å². The van der Waals surface area contributed by atoms with Gasteiger partial charge in [0, 0.05) is 37.8 Å². The van der Waals surface area contributed by atoms with Crippen LogP contribution < -0.4 is 0 Å². The van der Waals surface area contributed by atoms with E-state index in [1.807, 2.05) is 13.8 Å². The first-order valence-corrected chi connectivity index (χ1v) is 14.7. The number of hydrogen-bond acceptors (Lipinski definition) is 4. The number of aryl methyl sites for hydroxylation is 1. The topological polar surface area (TPSA) is 22.1 Å². The summed E-state index contributed by atoms with van der Waals surface area (Å²) >= 11 is 0. The molecule has 3 atom stereocenters. The molecule has 2 aromatic rings. The molecule has 0 amide bonds. The molecule has 0 N–H and O–H groups in total. The lowest BCUT2D eigenvalue weighted by molar-refractivity contribution is 0.209. The highest BCUT2D eigenvalue weighted by Crippen LogP contribution is 2.35. The molecular weight excluding hydrogens is 452 g/mol. The van der Waals surface area contributed by atoms with Gasteiger partial charge in [-0.2, -0.15) is 0 Å². The fourth-order valence-corrected chi connectivity index (χ4v) is 6.12. The summed E-state index contributed by atoms with van der Waals surface area (Å²) in [6, 6.07) is 21.7. The lowest BCUT2D eigenvalue weighted by Gasteiger charge is -2.34. The van der Waals surface area contributed by atoms with E-state index in [0.29, 0.717) is 24.0 Å². The normalized spacial score (nSPS) is 22.7. The predicted octanol–water partition coefficient (Wildman–Crippen LogP) is 6.56. The van der Waals surface area contributed by atoms with Crippen molar-refractivity contribution < 1.29 is 0 Å². The molecule has 200 valence electrons. The molecule has 3 aliphatic heterocycles. The van der Waals surface area contributed by atoms with Crippen LogP contribution >= 0.6 is 0 Å². The first kappa shape index (κ1) is 27.3. The minimum absolute atomic E-state index is 0.459. The third kappa shape index (κ3) is 6.40. The standard InChI is InChI=1S/C31H42N4.C2H6/c1-5-27-20-32-30-19-31-33(16-15-25-9-7-6-8-10-25)28(17-23(2)3)22-35(31)29(21-34(27)30)18-26-13-11-24(4)12-14-26;1-2/h6-14,19,23,27-29H,5,15-18,20-22H2,1-4H3;1-2H3. The Hall–Kier alpha value is -2.75. The second kappa shape index (κ2) is 12.7. The number of fused-ring (bicyclic) bond motifs is 2. The van der Waals surface area contributed by atoms with E-state index in [2.05, 4.69) is 103 Å². The van der Waals surface area contributed by atoms with Crippen molar-refractivity contribution in [2.24, 2.45) is 10.9 Å². The molecule has 0 aromatic heterocycles. The van der Waals surface area contributed by atoms with Gasteiger partial charge in [-0.1, -0.05) is 94.8 Å². The summed E-state index contributed by atoms with van der Waals surface area (Å²) in [5, 5.41) is 0. The Kier molecular flexibility index (Phi) is 9.34. The highest BCUT2D eigenvalue weighted by Gasteiger charge is 2.42. The first-order valence-electron chi connectivity index (χ1n) is 14.7. The number of benzene rings is 2. The molecule has 4 heteroatoms. The number of hydrogen-bond donors (Lipinski definition) is 0. The molecule has 4 nitrogen and oxygen atoms in total. The Balaban J connectivity index is 0.00000156. The van der Waals surface area contributed by atoms with Crippen LogP contribution in [0.2, 0.25) is 0 Å². The molecule has 1 saturated heterocycles. The lowest BCUT2D eigenvalue weighted by atomic mass is 10.0. The fraction of sp³-hybridized carbons (Fsp3) is 0.545. The summed E-state index contributed by atoms with van der Waals surface area (Å²) < 4.78 is 0. The van der Waals surface area contributed by atoms with Crippen molar-refractivity contribution in [3.05, 3.63) is 83.2 Å². The van der Waals surface area contributed by atoms with Crippen LogP contribution in [0.25, 0.3) is 0 Å². The van der Waals surface area contributed by atoms with Crippen LogP contribution in [0.4, 0.5) is 0 Å². The average molecular weight is 501 g/mol. The number of amidine groups is 1. The maximum atomic E-state index is 5.04. The van der Waals surface area contributed by atoms with E-state index in [-0.39, 0.29) is 0 Å². The van der Waals surface area contributed by atoms with Gasteiger partial charge in [0.1, 0.15) is 11.7 Å². The second-order valence-electron chi connectivity index (χ2n) is 11.1. The Morgan fingerprint density at radius 1 is 0.865 bits per heavy atom. The Morgan fingerprint density at radius 3 is 2.24 bits per heavy atom. The van der Waals surface area contributed by atoms with Crippen LogP contribution in [0.5, 0.6) is 0 Å². The third-order valence-corrected chi connectivity index (χ3v) is 8.03. The largest absolute Gasteiger partial charge is 0.353 e. The van der Waals surface area contributed by atoms with Crippen LogP contribution in [0.15, 0.2) is 71.5 Å². The molecule has 3 unspecified atom stereocenters. The van der Waals surface area contributed by atoms with E-state index in [4.69, 9.17) is 4.99 Å². The molecule has 2 aromatic carbocycles. The maximum Gasteiger partial charge on any atom is 0.127 e. The monoisotopic (exact) mass is 500 g/mol. The second-order valence-corrected chi connectivity index (χ2v) is 11.1. The molecule has 5 rings (SSSR count). The van der Waals surface area contributed by atoms with Crippen molar-refractivity contribution in [1.29, 1.82) is 0 Å². The Bertz CT molecular complexity index is 1040. The molecule has 3 heterocycles. The van der Waals surface area contributed by atoms with E-state index in [0.717, 1.165) is 45.4 Å². The zero-order valence-corrected chi connectivity index (χ0v) is 24.0. The highest BCUT2D eigenvalue weighted by atomic mass is 15.4. The van der Waals surface area contributed by atoms with E-state index >= 15 is 0 Å². The van der Waals surface area contributed by atoms with Gasteiger partial charge < -0.3 is 14.7 Å². The van der Waals surface area contributed by atoms with Crippen LogP contribution in [0, 0.1) is 12.8 Å². The molecule has 0 spiro atoms. The van der Waals surface area contributed by atoms with Crippen molar-refractivity contribution in [3.8, 4) is 0 Å². The lowest BCUT2D eigenvalue weighted by Crippen LogP contribution is -2.45. The highest BCUT2D eigenvalue weighted by molar-refractivity contribution is 5.95.